The van der Waals surface area contributed by atoms with Crippen molar-refractivity contribution in [3.63, 3.8) is 0 Å². The van der Waals surface area contributed by atoms with Crippen LogP contribution in [0.4, 0.5) is 8.78 Å². The van der Waals surface area contributed by atoms with Crippen molar-refractivity contribution < 1.29 is 23.1 Å². The monoisotopic (exact) mass is 207 g/mol. The molecule has 2 unspecified atom stereocenters. The van der Waals surface area contributed by atoms with Crippen LogP contribution in [0.1, 0.15) is 13.3 Å². The van der Waals surface area contributed by atoms with Crippen LogP contribution in [-0.4, -0.2) is 31.0 Å². The summed E-state index contributed by atoms with van der Waals surface area (Å²) in [5, 5.41) is 2.11. The van der Waals surface area contributed by atoms with E-state index in [1.54, 1.807) is 6.92 Å². The first-order valence-electron chi connectivity index (χ1n) is 4.25. The van der Waals surface area contributed by atoms with Gasteiger partial charge in [0.1, 0.15) is 5.54 Å². The highest BCUT2D eigenvalue weighted by molar-refractivity contribution is 5.87. The van der Waals surface area contributed by atoms with E-state index in [1.807, 2.05) is 0 Å². The predicted molar refractivity (Wildman–Crippen MR) is 42.7 cm³/mol. The third-order valence-electron chi connectivity index (χ3n) is 2.28. The number of alkyl halides is 2. The molecule has 0 heterocycles. The van der Waals surface area contributed by atoms with Gasteiger partial charge in [0.15, 0.2) is 0 Å². The number of halogens is 2. The van der Waals surface area contributed by atoms with Gasteiger partial charge in [-0.2, -0.15) is 0 Å². The van der Waals surface area contributed by atoms with Gasteiger partial charge in [0.05, 0.1) is 12.5 Å². The number of rotatable bonds is 5. The van der Waals surface area contributed by atoms with Crippen molar-refractivity contribution in [2.45, 2.75) is 25.3 Å². The smallest absolute Gasteiger partial charge is 0.332 e. The van der Waals surface area contributed by atoms with Crippen molar-refractivity contribution in [3.05, 3.63) is 0 Å². The zero-order chi connectivity index (χ0) is 10.8. The van der Waals surface area contributed by atoms with Gasteiger partial charge in [0.25, 0.3) is 0 Å². The fourth-order valence-electron chi connectivity index (χ4n) is 1.42. The maximum absolute atomic E-state index is 12.3. The molecule has 80 valence electrons. The first-order chi connectivity index (χ1) is 6.58. The maximum atomic E-state index is 12.3. The van der Waals surface area contributed by atoms with E-state index in [1.165, 1.54) is 0 Å². The number of hydrogen-bond acceptors (Lipinski definition) is 3. The van der Waals surface area contributed by atoms with Gasteiger partial charge in [-0.25, -0.2) is 13.6 Å². The largest absolute Gasteiger partial charge is 0.464 e. The minimum absolute atomic E-state index is 0.0533. The van der Waals surface area contributed by atoms with Crippen LogP contribution in [0.2, 0.25) is 0 Å². The van der Waals surface area contributed by atoms with Crippen LogP contribution in [0.5, 0.6) is 0 Å². The Bertz CT molecular complexity index is 247. The van der Waals surface area contributed by atoms with Gasteiger partial charge in [0.2, 0.25) is 12.8 Å². The molecule has 0 spiro atoms. The minimum Gasteiger partial charge on any atom is -0.464 e. The van der Waals surface area contributed by atoms with Crippen molar-refractivity contribution in [2.24, 2.45) is 5.92 Å². The summed E-state index contributed by atoms with van der Waals surface area (Å²) in [7, 11) is 0. The summed E-state index contributed by atoms with van der Waals surface area (Å²) in [5.41, 5.74) is -1.48. The zero-order valence-electron chi connectivity index (χ0n) is 7.63. The topological polar surface area (TPSA) is 55.4 Å². The Morgan fingerprint density at radius 3 is 2.79 bits per heavy atom. The Morgan fingerprint density at radius 2 is 2.43 bits per heavy atom. The highest BCUT2D eigenvalue weighted by Crippen LogP contribution is 2.48. The van der Waals surface area contributed by atoms with E-state index >= 15 is 0 Å². The fraction of sp³-hybridized carbons (Fsp3) is 0.750. The van der Waals surface area contributed by atoms with Crippen molar-refractivity contribution in [2.75, 3.05) is 6.61 Å². The lowest BCUT2D eigenvalue weighted by atomic mass is 10.2. The summed E-state index contributed by atoms with van der Waals surface area (Å²) >= 11 is 0. The van der Waals surface area contributed by atoms with E-state index in [9.17, 15) is 18.4 Å². The maximum Gasteiger partial charge on any atom is 0.332 e. The number of carbonyl (C=O) groups is 2. The highest BCUT2D eigenvalue weighted by Gasteiger charge is 2.65. The first kappa shape index (κ1) is 10.9. The molecule has 1 fully saturated rings. The van der Waals surface area contributed by atoms with Crippen LogP contribution in [0.25, 0.3) is 0 Å². The molecule has 0 aromatic rings. The number of ether oxygens (including phenoxy) is 1. The molecule has 1 aliphatic rings. The van der Waals surface area contributed by atoms with Crippen molar-refractivity contribution >= 4 is 12.4 Å². The molecule has 1 saturated carbocycles. The molecule has 0 saturated heterocycles. The average molecular weight is 207 g/mol. The third-order valence-corrected chi connectivity index (χ3v) is 2.28. The van der Waals surface area contributed by atoms with Gasteiger partial charge < -0.3 is 10.1 Å². The van der Waals surface area contributed by atoms with E-state index in [4.69, 9.17) is 0 Å². The highest BCUT2D eigenvalue weighted by atomic mass is 19.3. The van der Waals surface area contributed by atoms with Crippen LogP contribution in [0, 0.1) is 5.92 Å². The van der Waals surface area contributed by atoms with E-state index in [2.05, 4.69) is 10.1 Å². The van der Waals surface area contributed by atoms with E-state index in [0.29, 0.717) is 0 Å². The number of esters is 1. The molecular formula is C8H11F2NO3. The fourth-order valence-corrected chi connectivity index (χ4v) is 1.42. The lowest BCUT2D eigenvalue weighted by Crippen LogP contribution is -2.43. The summed E-state index contributed by atoms with van der Waals surface area (Å²) in [6, 6.07) is 0. The summed E-state index contributed by atoms with van der Waals surface area (Å²) in [5.74, 6) is -1.90. The molecule has 1 N–H and O–H groups in total. The van der Waals surface area contributed by atoms with Crippen LogP contribution in [0.15, 0.2) is 0 Å². The number of hydrogen-bond donors (Lipinski definition) is 1. The molecule has 0 aromatic heterocycles. The van der Waals surface area contributed by atoms with Crippen LogP contribution < -0.4 is 5.32 Å². The van der Waals surface area contributed by atoms with Crippen LogP contribution >= 0.6 is 0 Å². The first-order valence-corrected chi connectivity index (χ1v) is 4.25. The van der Waals surface area contributed by atoms with Gasteiger partial charge in [0, 0.05) is 0 Å². The summed E-state index contributed by atoms with van der Waals surface area (Å²) in [4.78, 5) is 21.4. The Kier molecular flexibility index (Phi) is 3.03. The van der Waals surface area contributed by atoms with Gasteiger partial charge in [-0.15, -0.1) is 0 Å². The Labute approximate surface area is 79.6 Å². The number of amides is 1. The Hall–Kier alpha value is -1.20. The third kappa shape index (κ3) is 1.69. The minimum atomic E-state index is -2.62. The molecule has 1 rings (SSSR count). The van der Waals surface area contributed by atoms with Crippen LogP contribution in [0.3, 0.4) is 0 Å². The molecule has 0 radical (unpaired) electrons. The summed E-state index contributed by atoms with van der Waals surface area (Å²) in [6.45, 7) is 1.68. The Morgan fingerprint density at radius 1 is 1.79 bits per heavy atom. The summed E-state index contributed by atoms with van der Waals surface area (Å²) in [6.07, 6.45) is -2.42. The SMILES string of the molecule is CCOC(=O)C1(NC=O)CC1C(F)F. The lowest BCUT2D eigenvalue weighted by Gasteiger charge is -2.14. The Balaban J connectivity index is 2.67. The standard InChI is InChI=1S/C8H11F2NO3/c1-2-14-7(13)8(11-4-12)3-5(8)6(9)10/h4-6H,2-3H2,1H3,(H,11,12). The van der Waals surface area contributed by atoms with Crippen molar-refractivity contribution in [1.82, 2.24) is 5.32 Å². The van der Waals surface area contributed by atoms with Gasteiger partial charge in [-0.1, -0.05) is 0 Å². The van der Waals surface area contributed by atoms with Crippen molar-refractivity contribution in [3.8, 4) is 0 Å². The molecule has 6 heteroatoms. The second-order valence-corrected chi connectivity index (χ2v) is 3.10. The summed E-state index contributed by atoms with van der Waals surface area (Å²) < 4.78 is 29.2. The molecule has 4 nitrogen and oxygen atoms in total. The van der Waals surface area contributed by atoms with Gasteiger partial charge >= 0.3 is 5.97 Å². The zero-order valence-corrected chi connectivity index (χ0v) is 7.63. The quantitative estimate of drug-likeness (QED) is 0.521. The molecule has 0 bridgehead atoms. The lowest BCUT2D eigenvalue weighted by molar-refractivity contribution is -0.149. The predicted octanol–water partition coefficient (Wildman–Crippen LogP) is 0.319. The molecular weight excluding hydrogens is 196 g/mol. The molecule has 14 heavy (non-hydrogen) atoms. The van der Waals surface area contributed by atoms with Gasteiger partial charge in [-0.3, -0.25) is 4.79 Å². The second kappa shape index (κ2) is 3.89. The van der Waals surface area contributed by atoms with Gasteiger partial charge in [-0.05, 0) is 13.3 Å². The molecule has 1 amide bonds. The number of carbonyl (C=O) groups excluding carboxylic acids is 2. The molecule has 0 aliphatic heterocycles. The molecule has 1 aliphatic carbocycles. The average Bonchev–Trinajstić information content (AvgIpc) is 2.82. The van der Waals surface area contributed by atoms with Crippen LogP contribution in [-0.2, 0) is 14.3 Å². The van der Waals surface area contributed by atoms with E-state index in [0.717, 1.165) is 0 Å². The normalized spacial score (nSPS) is 29.9. The van der Waals surface area contributed by atoms with E-state index in [-0.39, 0.29) is 19.4 Å². The molecule has 0 aromatic carbocycles. The van der Waals surface area contributed by atoms with Crippen molar-refractivity contribution in [1.29, 1.82) is 0 Å². The second-order valence-electron chi connectivity index (χ2n) is 3.10. The molecule has 2 atom stereocenters. The van der Waals surface area contributed by atoms with E-state index < -0.39 is 23.9 Å². The number of nitrogens with one attached hydrogen (secondary N) is 1.